The molecular weight excluding hydrogens is 206 g/mol. The maximum atomic E-state index is 10.2. The number of carboxylic acids is 1. The van der Waals surface area contributed by atoms with Gasteiger partial charge >= 0.3 is 5.97 Å². The van der Waals surface area contributed by atoms with Gasteiger partial charge in [0.2, 0.25) is 0 Å². The predicted octanol–water partition coefficient (Wildman–Crippen LogP) is 2.49. The number of benzene rings is 1. The van der Waals surface area contributed by atoms with Crippen LogP contribution in [-0.2, 0) is 4.79 Å². The molecule has 0 amide bonds. The smallest absolute Gasteiger partial charge is 0.329 e. The normalized spacial score (nSPS) is 10.3. The Morgan fingerprint density at radius 1 is 1.44 bits per heavy atom. The molecule has 0 saturated heterocycles. The number of ether oxygens (including phenoxy) is 1. The molecule has 2 N–H and O–H groups in total. The van der Waals surface area contributed by atoms with Gasteiger partial charge in [-0.1, -0.05) is 6.92 Å². The Kier molecular flexibility index (Phi) is 4.92. The molecule has 0 spiro atoms. The van der Waals surface area contributed by atoms with Gasteiger partial charge in [0.25, 0.3) is 0 Å². The number of aliphatic carboxylic acids is 1. The van der Waals surface area contributed by atoms with Gasteiger partial charge < -0.3 is 15.2 Å². The van der Waals surface area contributed by atoms with Gasteiger partial charge in [0.15, 0.2) is 0 Å². The first-order valence-electron chi connectivity index (χ1n) is 5.11. The lowest BCUT2D eigenvalue weighted by Crippen LogP contribution is -1.95. The van der Waals surface area contributed by atoms with Crippen LogP contribution in [-0.4, -0.2) is 17.7 Å². The van der Waals surface area contributed by atoms with Gasteiger partial charge in [-0.05, 0) is 30.7 Å². The lowest BCUT2D eigenvalue weighted by molar-refractivity contribution is -0.131. The molecule has 16 heavy (non-hydrogen) atoms. The van der Waals surface area contributed by atoms with Crippen molar-refractivity contribution in [2.24, 2.45) is 0 Å². The molecular formula is C12H15NO3. The van der Waals surface area contributed by atoms with Crippen molar-refractivity contribution in [2.75, 3.05) is 11.9 Å². The third-order valence-electron chi connectivity index (χ3n) is 1.80. The highest BCUT2D eigenvalue weighted by Crippen LogP contribution is 2.15. The molecule has 86 valence electrons. The van der Waals surface area contributed by atoms with Crippen LogP contribution in [0.15, 0.2) is 36.5 Å². The molecule has 0 aliphatic rings. The van der Waals surface area contributed by atoms with E-state index < -0.39 is 5.97 Å². The first-order valence-corrected chi connectivity index (χ1v) is 5.11. The van der Waals surface area contributed by atoms with E-state index in [1.54, 1.807) is 0 Å². The van der Waals surface area contributed by atoms with Gasteiger partial charge in [-0.25, -0.2) is 4.79 Å². The summed E-state index contributed by atoms with van der Waals surface area (Å²) < 4.78 is 5.41. The van der Waals surface area contributed by atoms with Crippen LogP contribution >= 0.6 is 0 Å². The number of hydrogen-bond donors (Lipinski definition) is 2. The van der Waals surface area contributed by atoms with E-state index in [1.807, 2.05) is 31.2 Å². The average Bonchev–Trinajstić information content (AvgIpc) is 2.27. The minimum Gasteiger partial charge on any atom is -0.494 e. The zero-order chi connectivity index (χ0) is 11.8. The van der Waals surface area contributed by atoms with Crippen molar-refractivity contribution in [2.45, 2.75) is 13.3 Å². The summed E-state index contributed by atoms with van der Waals surface area (Å²) in [4.78, 5) is 10.2. The molecule has 0 unspecified atom stereocenters. The van der Waals surface area contributed by atoms with Crippen molar-refractivity contribution in [1.29, 1.82) is 0 Å². The summed E-state index contributed by atoms with van der Waals surface area (Å²) in [6, 6.07) is 7.34. The molecule has 0 bridgehead atoms. The van der Waals surface area contributed by atoms with Gasteiger partial charge in [-0.2, -0.15) is 0 Å². The SMILES string of the molecule is CCCOc1ccc(N/C=C/C(=O)O)cc1. The summed E-state index contributed by atoms with van der Waals surface area (Å²) in [5, 5.41) is 11.2. The molecule has 0 aliphatic heterocycles. The molecule has 4 nitrogen and oxygen atoms in total. The maximum Gasteiger partial charge on any atom is 0.329 e. The first kappa shape index (κ1) is 12.1. The molecule has 4 heteroatoms. The highest BCUT2D eigenvalue weighted by molar-refractivity contribution is 5.80. The van der Waals surface area contributed by atoms with Crippen LogP contribution in [0.1, 0.15) is 13.3 Å². The molecule has 0 fully saturated rings. The second-order valence-corrected chi connectivity index (χ2v) is 3.19. The van der Waals surface area contributed by atoms with Crippen LogP contribution in [0.4, 0.5) is 5.69 Å². The van der Waals surface area contributed by atoms with Gasteiger partial charge in [0.1, 0.15) is 5.75 Å². The van der Waals surface area contributed by atoms with Crippen molar-refractivity contribution >= 4 is 11.7 Å². The van der Waals surface area contributed by atoms with Crippen LogP contribution in [0, 0.1) is 0 Å². The summed E-state index contributed by atoms with van der Waals surface area (Å²) in [5.74, 6) is -0.162. The zero-order valence-electron chi connectivity index (χ0n) is 9.14. The van der Waals surface area contributed by atoms with Crippen molar-refractivity contribution < 1.29 is 14.6 Å². The third kappa shape index (κ3) is 4.50. The summed E-state index contributed by atoms with van der Waals surface area (Å²) in [6.07, 6.45) is 3.40. The fourth-order valence-electron chi connectivity index (χ4n) is 1.08. The molecule has 0 aromatic heterocycles. The van der Waals surface area contributed by atoms with Crippen LogP contribution in [0.2, 0.25) is 0 Å². The highest BCUT2D eigenvalue weighted by atomic mass is 16.5. The van der Waals surface area contributed by atoms with Crippen molar-refractivity contribution in [3.63, 3.8) is 0 Å². The molecule has 0 aliphatic carbocycles. The molecule has 1 rings (SSSR count). The Balaban J connectivity index is 2.48. The number of carboxylic acid groups (broad SMARTS) is 1. The van der Waals surface area contributed by atoms with Crippen molar-refractivity contribution in [3.8, 4) is 5.75 Å². The van der Waals surface area contributed by atoms with E-state index in [0.29, 0.717) is 6.61 Å². The van der Waals surface area contributed by atoms with Crippen molar-refractivity contribution in [1.82, 2.24) is 0 Å². The Hall–Kier alpha value is -1.97. The largest absolute Gasteiger partial charge is 0.494 e. The standard InChI is InChI=1S/C12H15NO3/c1-2-9-16-11-5-3-10(4-6-11)13-8-7-12(14)15/h3-8,13H,2,9H2,1H3,(H,14,15)/b8-7+. The van der Waals surface area contributed by atoms with Gasteiger partial charge in [0, 0.05) is 18.0 Å². The van der Waals surface area contributed by atoms with E-state index in [9.17, 15) is 4.79 Å². The van der Waals surface area contributed by atoms with Gasteiger partial charge in [-0.15, -0.1) is 0 Å². The minimum absolute atomic E-state index is 0.700. The van der Waals surface area contributed by atoms with Crippen molar-refractivity contribution in [3.05, 3.63) is 36.5 Å². The Labute approximate surface area is 94.6 Å². The van der Waals surface area contributed by atoms with E-state index >= 15 is 0 Å². The summed E-state index contributed by atoms with van der Waals surface area (Å²) in [5.41, 5.74) is 0.821. The number of anilines is 1. The molecule has 0 saturated carbocycles. The van der Waals surface area contributed by atoms with E-state index in [1.165, 1.54) is 6.20 Å². The van der Waals surface area contributed by atoms with Gasteiger partial charge in [0.05, 0.1) is 6.61 Å². The highest BCUT2D eigenvalue weighted by Gasteiger charge is 1.93. The summed E-state index contributed by atoms with van der Waals surface area (Å²) in [6.45, 7) is 2.75. The number of carbonyl (C=O) groups is 1. The van der Waals surface area contributed by atoms with E-state index in [0.717, 1.165) is 23.9 Å². The summed E-state index contributed by atoms with van der Waals surface area (Å²) >= 11 is 0. The second kappa shape index (κ2) is 6.50. The third-order valence-corrected chi connectivity index (χ3v) is 1.80. The monoisotopic (exact) mass is 221 g/mol. The number of rotatable bonds is 6. The quantitative estimate of drug-likeness (QED) is 0.724. The van der Waals surface area contributed by atoms with Gasteiger partial charge in [-0.3, -0.25) is 0 Å². The Morgan fingerprint density at radius 2 is 2.12 bits per heavy atom. The number of hydrogen-bond acceptors (Lipinski definition) is 3. The second-order valence-electron chi connectivity index (χ2n) is 3.19. The lowest BCUT2D eigenvalue weighted by atomic mass is 10.3. The molecule has 1 aromatic rings. The molecule has 0 atom stereocenters. The minimum atomic E-state index is -0.976. The molecule has 0 radical (unpaired) electrons. The van der Waals surface area contributed by atoms with E-state index in [2.05, 4.69) is 5.32 Å². The van der Waals surface area contributed by atoms with E-state index in [-0.39, 0.29) is 0 Å². The van der Waals surface area contributed by atoms with Crippen LogP contribution in [0.3, 0.4) is 0 Å². The first-order chi connectivity index (χ1) is 7.72. The fourth-order valence-corrected chi connectivity index (χ4v) is 1.08. The van der Waals surface area contributed by atoms with Crippen LogP contribution < -0.4 is 10.1 Å². The average molecular weight is 221 g/mol. The molecule has 1 aromatic carbocycles. The topological polar surface area (TPSA) is 58.6 Å². The maximum absolute atomic E-state index is 10.2. The predicted molar refractivity (Wildman–Crippen MR) is 62.6 cm³/mol. The Bertz CT molecular complexity index is 357. The van der Waals surface area contributed by atoms with E-state index in [4.69, 9.17) is 9.84 Å². The molecule has 0 heterocycles. The summed E-state index contributed by atoms with van der Waals surface area (Å²) in [7, 11) is 0. The fraction of sp³-hybridized carbons (Fsp3) is 0.250. The van der Waals surface area contributed by atoms with Crippen LogP contribution in [0.5, 0.6) is 5.75 Å². The number of nitrogens with one attached hydrogen (secondary N) is 1. The Morgan fingerprint density at radius 3 is 2.69 bits per heavy atom. The van der Waals surface area contributed by atoms with Crippen LogP contribution in [0.25, 0.3) is 0 Å². The zero-order valence-corrected chi connectivity index (χ0v) is 9.14. The lowest BCUT2D eigenvalue weighted by Gasteiger charge is -2.05.